The van der Waals surface area contributed by atoms with E-state index >= 15 is 0 Å². The number of nitrogens with zero attached hydrogens (tertiary/aromatic N) is 3. The quantitative estimate of drug-likeness (QED) is 0.744. The normalized spacial score (nSPS) is 12.7. The fourth-order valence-corrected chi connectivity index (χ4v) is 2.58. The van der Waals surface area contributed by atoms with E-state index in [9.17, 15) is 4.79 Å². The Hall–Kier alpha value is -1.60. The van der Waals surface area contributed by atoms with Crippen LogP contribution in [0.1, 0.15) is 13.3 Å². The molecule has 0 aliphatic carbocycles. The van der Waals surface area contributed by atoms with Crippen LogP contribution in [0.15, 0.2) is 29.6 Å². The second-order valence-corrected chi connectivity index (χ2v) is 5.05. The molecule has 7 heteroatoms. The molecule has 19 heavy (non-hydrogen) atoms. The number of pyridine rings is 1. The Bertz CT molecular complexity index is 557. The van der Waals surface area contributed by atoms with Crippen molar-refractivity contribution < 1.29 is 9.90 Å². The third-order valence-corrected chi connectivity index (χ3v) is 3.64. The number of hydrogen-bond donors (Lipinski definition) is 2. The number of carboxylic acids is 1. The van der Waals surface area contributed by atoms with Gasteiger partial charge in [0, 0.05) is 11.9 Å². The van der Waals surface area contributed by atoms with Gasteiger partial charge in [-0.3, -0.25) is 9.20 Å². The molecule has 0 radical (unpaired) electrons. The van der Waals surface area contributed by atoms with E-state index < -0.39 is 12.0 Å². The van der Waals surface area contributed by atoms with Gasteiger partial charge < -0.3 is 10.4 Å². The first-order chi connectivity index (χ1) is 9.22. The topological polar surface area (TPSA) is 79.5 Å². The maximum Gasteiger partial charge on any atom is 0.321 e. The first-order valence-electron chi connectivity index (χ1n) is 6.11. The van der Waals surface area contributed by atoms with E-state index in [1.165, 1.54) is 11.8 Å². The predicted octanol–water partition coefficient (Wildman–Crippen LogP) is 1.27. The number of hydrogen-bond acceptors (Lipinski definition) is 5. The number of fused-ring (bicyclic) bond motifs is 1. The van der Waals surface area contributed by atoms with Crippen molar-refractivity contribution in [2.45, 2.75) is 24.5 Å². The molecular formula is C12H16N4O2S. The molecule has 6 nitrogen and oxygen atoms in total. The maximum atomic E-state index is 11.1. The second-order valence-electron chi connectivity index (χ2n) is 4.07. The Balaban J connectivity index is 2.02. The van der Waals surface area contributed by atoms with Crippen molar-refractivity contribution in [1.29, 1.82) is 0 Å². The molecule has 0 saturated heterocycles. The van der Waals surface area contributed by atoms with Gasteiger partial charge in [-0.1, -0.05) is 24.8 Å². The van der Waals surface area contributed by atoms with Gasteiger partial charge in [0.15, 0.2) is 10.8 Å². The molecule has 1 unspecified atom stereocenters. The van der Waals surface area contributed by atoms with Crippen molar-refractivity contribution in [1.82, 2.24) is 19.9 Å². The monoisotopic (exact) mass is 280 g/mol. The van der Waals surface area contributed by atoms with Crippen molar-refractivity contribution in [3.05, 3.63) is 24.4 Å². The van der Waals surface area contributed by atoms with Crippen LogP contribution in [0.4, 0.5) is 0 Å². The summed E-state index contributed by atoms with van der Waals surface area (Å²) in [5, 5.41) is 20.9. The minimum absolute atomic E-state index is 0.422. The minimum atomic E-state index is -0.838. The number of carbonyl (C=O) groups is 1. The largest absolute Gasteiger partial charge is 0.480 e. The van der Waals surface area contributed by atoms with Crippen LogP contribution in [0.5, 0.6) is 0 Å². The molecule has 0 aliphatic heterocycles. The van der Waals surface area contributed by atoms with Crippen LogP contribution in [0.3, 0.4) is 0 Å². The predicted molar refractivity (Wildman–Crippen MR) is 73.4 cm³/mol. The van der Waals surface area contributed by atoms with Gasteiger partial charge in [0.2, 0.25) is 0 Å². The Morgan fingerprint density at radius 1 is 1.53 bits per heavy atom. The summed E-state index contributed by atoms with van der Waals surface area (Å²) in [5.41, 5.74) is 0.762. The van der Waals surface area contributed by atoms with E-state index in [0.29, 0.717) is 17.5 Å². The van der Waals surface area contributed by atoms with Gasteiger partial charge in [0.05, 0.1) is 0 Å². The molecule has 102 valence electrons. The molecule has 0 aliphatic rings. The van der Waals surface area contributed by atoms with Gasteiger partial charge >= 0.3 is 5.97 Å². The average Bonchev–Trinajstić information content (AvgIpc) is 2.82. The minimum Gasteiger partial charge on any atom is -0.480 e. The smallest absolute Gasteiger partial charge is 0.321 e. The van der Waals surface area contributed by atoms with E-state index in [0.717, 1.165) is 12.1 Å². The van der Waals surface area contributed by atoms with E-state index in [-0.39, 0.29) is 0 Å². The molecule has 1 atom stereocenters. The van der Waals surface area contributed by atoms with Gasteiger partial charge in [-0.25, -0.2) is 0 Å². The highest BCUT2D eigenvalue weighted by atomic mass is 32.2. The lowest BCUT2D eigenvalue weighted by molar-refractivity contribution is -0.138. The molecule has 2 rings (SSSR count). The third-order valence-electron chi connectivity index (χ3n) is 2.60. The zero-order valence-corrected chi connectivity index (χ0v) is 11.4. The Morgan fingerprint density at radius 2 is 2.37 bits per heavy atom. The number of thioether (sulfide) groups is 1. The third kappa shape index (κ3) is 3.45. The van der Waals surface area contributed by atoms with E-state index in [1.54, 1.807) is 0 Å². The zero-order valence-electron chi connectivity index (χ0n) is 10.6. The van der Waals surface area contributed by atoms with Crippen LogP contribution in [-0.2, 0) is 4.79 Å². The van der Waals surface area contributed by atoms with Crippen LogP contribution >= 0.6 is 11.8 Å². The zero-order chi connectivity index (χ0) is 13.7. The van der Waals surface area contributed by atoms with Crippen molar-refractivity contribution in [2.24, 2.45) is 0 Å². The first kappa shape index (κ1) is 13.8. The summed E-state index contributed by atoms with van der Waals surface area (Å²) in [6.07, 6.45) is 2.77. The number of aromatic nitrogens is 3. The lowest BCUT2D eigenvalue weighted by Crippen LogP contribution is -2.39. The van der Waals surface area contributed by atoms with Gasteiger partial charge in [-0.15, -0.1) is 10.2 Å². The highest BCUT2D eigenvalue weighted by Gasteiger charge is 2.18. The first-order valence-corrected chi connectivity index (χ1v) is 7.09. The summed E-state index contributed by atoms with van der Waals surface area (Å²) in [6, 6.07) is 5.08. The summed E-state index contributed by atoms with van der Waals surface area (Å²) < 4.78 is 1.85. The van der Waals surface area contributed by atoms with E-state index in [1.807, 2.05) is 35.7 Å². The van der Waals surface area contributed by atoms with Crippen LogP contribution in [0.25, 0.3) is 5.65 Å². The van der Waals surface area contributed by atoms with Crippen molar-refractivity contribution in [2.75, 3.05) is 12.3 Å². The lowest BCUT2D eigenvalue weighted by atomic mass is 10.3. The SMILES string of the molecule is CCCNC(CSc1nnc2ccccn12)C(=O)O. The van der Waals surface area contributed by atoms with Crippen molar-refractivity contribution in [3.8, 4) is 0 Å². The summed E-state index contributed by atoms with van der Waals surface area (Å²) in [6.45, 7) is 2.70. The number of rotatable bonds is 7. The van der Waals surface area contributed by atoms with Gasteiger partial charge in [0.25, 0.3) is 0 Å². The lowest BCUT2D eigenvalue weighted by Gasteiger charge is -2.12. The summed E-state index contributed by atoms with van der Waals surface area (Å²) in [5.74, 6) is -0.417. The molecular weight excluding hydrogens is 264 g/mol. The summed E-state index contributed by atoms with van der Waals surface area (Å²) in [4.78, 5) is 11.1. The number of aliphatic carboxylic acids is 1. The van der Waals surface area contributed by atoms with Crippen LogP contribution in [0.2, 0.25) is 0 Å². The second kappa shape index (κ2) is 6.53. The van der Waals surface area contributed by atoms with Crippen molar-refractivity contribution >= 4 is 23.4 Å². The van der Waals surface area contributed by atoms with Gasteiger partial charge in [-0.2, -0.15) is 0 Å². The Kier molecular flexibility index (Phi) is 4.75. The Labute approximate surface area is 115 Å². The summed E-state index contributed by atoms with van der Waals surface area (Å²) >= 11 is 1.39. The van der Waals surface area contributed by atoms with Crippen LogP contribution in [0, 0.1) is 0 Å². The molecule has 2 N–H and O–H groups in total. The molecule has 0 fully saturated rings. The van der Waals surface area contributed by atoms with Crippen molar-refractivity contribution in [3.63, 3.8) is 0 Å². The molecule has 2 heterocycles. The molecule has 0 bridgehead atoms. The fraction of sp³-hybridized carbons (Fsp3) is 0.417. The highest BCUT2D eigenvalue weighted by Crippen LogP contribution is 2.17. The van der Waals surface area contributed by atoms with E-state index in [2.05, 4.69) is 15.5 Å². The number of nitrogens with one attached hydrogen (secondary N) is 1. The molecule has 0 saturated carbocycles. The summed E-state index contributed by atoms with van der Waals surface area (Å²) in [7, 11) is 0. The van der Waals surface area contributed by atoms with Gasteiger partial charge in [0.1, 0.15) is 6.04 Å². The number of carboxylic acid groups (broad SMARTS) is 1. The molecule has 0 aromatic carbocycles. The van der Waals surface area contributed by atoms with E-state index in [4.69, 9.17) is 5.11 Å². The van der Waals surface area contributed by atoms with Gasteiger partial charge in [-0.05, 0) is 25.1 Å². The Morgan fingerprint density at radius 3 is 3.11 bits per heavy atom. The molecule has 0 spiro atoms. The van der Waals surface area contributed by atoms with Crippen LogP contribution < -0.4 is 5.32 Å². The standard InChI is InChI=1S/C12H16N4O2S/c1-2-6-13-9(11(17)18)8-19-12-15-14-10-5-3-4-7-16(10)12/h3-5,7,9,13H,2,6,8H2,1H3,(H,17,18). The maximum absolute atomic E-state index is 11.1. The molecule has 0 amide bonds. The average molecular weight is 280 g/mol. The molecule has 2 aromatic rings. The highest BCUT2D eigenvalue weighted by molar-refractivity contribution is 7.99. The van der Waals surface area contributed by atoms with Crippen LogP contribution in [-0.4, -0.2) is 44.0 Å². The molecule has 2 aromatic heterocycles. The fourth-order valence-electron chi connectivity index (χ4n) is 1.61.